The summed E-state index contributed by atoms with van der Waals surface area (Å²) in [4.78, 5) is 0. The van der Waals surface area contributed by atoms with Gasteiger partial charge in [0.05, 0.1) is 26.5 Å². The summed E-state index contributed by atoms with van der Waals surface area (Å²) in [6.45, 7) is 4.70. The van der Waals surface area contributed by atoms with Crippen molar-refractivity contribution in [1.82, 2.24) is 5.43 Å². The van der Waals surface area contributed by atoms with Gasteiger partial charge in [0.25, 0.3) is 0 Å². The standard InChI is InChI=1S/C20H25N3O3S/c1-5-12-26-17-9-6-15(7-10-17)14(2)22-23-20(27)21-16-8-11-18(24-3)19(13-16)25-4/h6-11,13H,5,12H2,1-4H3,(H2,21,23,27)/b22-14-. The monoisotopic (exact) mass is 387 g/mol. The van der Waals surface area contributed by atoms with Crippen molar-refractivity contribution in [2.45, 2.75) is 20.3 Å². The molecule has 0 aliphatic rings. The molecule has 0 atom stereocenters. The van der Waals surface area contributed by atoms with E-state index in [1.165, 1.54) is 0 Å². The van der Waals surface area contributed by atoms with E-state index in [1.807, 2.05) is 37.3 Å². The van der Waals surface area contributed by atoms with Crippen LogP contribution in [0.25, 0.3) is 0 Å². The second-order valence-corrected chi connectivity index (χ2v) is 6.11. The lowest BCUT2D eigenvalue weighted by Crippen LogP contribution is -2.25. The molecule has 0 bridgehead atoms. The Morgan fingerprint density at radius 2 is 1.74 bits per heavy atom. The summed E-state index contributed by atoms with van der Waals surface area (Å²) in [5.41, 5.74) is 5.42. The van der Waals surface area contributed by atoms with E-state index in [-0.39, 0.29) is 0 Å². The molecule has 0 aliphatic heterocycles. The minimum Gasteiger partial charge on any atom is -0.494 e. The van der Waals surface area contributed by atoms with Crippen LogP contribution in [0.3, 0.4) is 0 Å². The zero-order chi connectivity index (χ0) is 19.6. The van der Waals surface area contributed by atoms with Crippen LogP contribution in [0.5, 0.6) is 17.2 Å². The van der Waals surface area contributed by atoms with Gasteiger partial charge in [-0.15, -0.1) is 0 Å². The summed E-state index contributed by atoms with van der Waals surface area (Å²) in [5.74, 6) is 2.13. The summed E-state index contributed by atoms with van der Waals surface area (Å²) in [5, 5.41) is 7.77. The topological polar surface area (TPSA) is 64.1 Å². The van der Waals surface area contributed by atoms with Crippen molar-refractivity contribution in [3.05, 3.63) is 48.0 Å². The molecule has 144 valence electrons. The Hall–Kier alpha value is -2.80. The minimum absolute atomic E-state index is 0.379. The maximum Gasteiger partial charge on any atom is 0.191 e. The van der Waals surface area contributed by atoms with Gasteiger partial charge in [-0.1, -0.05) is 6.92 Å². The highest BCUT2D eigenvalue weighted by Crippen LogP contribution is 2.29. The van der Waals surface area contributed by atoms with E-state index in [0.29, 0.717) is 23.2 Å². The number of ether oxygens (including phenoxy) is 3. The zero-order valence-electron chi connectivity index (χ0n) is 16.0. The van der Waals surface area contributed by atoms with E-state index in [9.17, 15) is 0 Å². The van der Waals surface area contributed by atoms with Crippen molar-refractivity contribution >= 4 is 28.7 Å². The molecule has 2 N–H and O–H groups in total. The van der Waals surface area contributed by atoms with Crippen molar-refractivity contribution in [3.8, 4) is 17.2 Å². The number of methoxy groups -OCH3 is 2. The smallest absolute Gasteiger partial charge is 0.191 e. The van der Waals surface area contributed by atoms with Gasteiger partial charge >= 0.3 is 0 Å². The van der Waals surface area contributed by atoms with Crippen LogP contribution in [0.15, 0.2) is 47.6 Å². The third-order valence-electron chi connectivity index (χ3n) is 3.71. The van der Waals surface area contributed by atoms with E-state index in [0.717, 1.165) is 29.1 Å². The van der Waals surface area contributed by atoms with Crippen molar-refractivity contribution in [1.29, 1.82) is 0 Å². The maximum atomic E-state index is 5.58. The molecule has 7 heteroatoms. The minimum atomic E-state index is 0.379. The molecule has 2 aromatic carbocycles. The highest BCUT2D eigenvalue weighted by molar-refractivity contribution is 7.80. The maximum absolute atomic E-state index is 5.58. The lowest BCUT2D eigenvalue weighted by atomic mass is 10.1. The number of nitrogens with one attached hydrogen (secondary N) is 2. The first-order valence-corrected chi connectivity index (χ1v) is 9.04. The van der Waals surface area contributed by atoms with Gasteiger partial charge in [-0.2, -0.15) is 5.10 Å². The average molecular weight is 388 g/mol. The summed E-state index contributed by atoms with van der Waals surface area (Å²) >= 11 is 5.29. The van der Waals surface area contributed by atoms with Gasteiger partial charge in [0.15, 0.2) is 16.6 Å². The van der Waals surface area contributed by atoms with E-state index in [4.69, 9.17) is 26.4 Å². The van der Waals surface area contributed by atoms with Crippen LogP contribution < -0.4 is 25.0 Å². The predicted octanol–water partition coefficient (Wildman–Crippen LogP) is 4.20. The number of benzene rings is 2. The number of nitrogens with zero attached hydrogens (tertiary/aromatic N) is 1. The summed E-state index contributed by atoms with van der Waals surface area (Å²) < 4.78 is 16.1. The number of hydrogen-bond acceptors (Lipinski definition) is 5. The van der Waals surface area contributed by atoms with Crippen molar-refractivity contribution in [2.75, 3.05) is 26.1 Å². The molecule has 0 radical (unpaired) electrons. The Balaban J connectivity index is 1.95. The van der Waals surface area contributed by atoms with E-state index >= 15 is 0 Å². The van der Waals surface area contributed by atoms with Gasteiger partial charge in [0.1, 0.15) is 5.75 Å². The van der Waals surface area contributed by atoms with Crippen LogP contribution in [0.1, 0.15) is 25.8 Å². The van der Waals surface area contributed by atoms with Crippen molar-refractivity contribution < 1.29 is 14.2 Å². The van der Waals surface area contributed by atoms with Crippen molar-refractivity contribution in [3.63, 3.8) is 0 Å². The van der Waals surface area contributed by atoms with Crippen molar-refractivity contribution in [2.24, 2.45) is 5.10 Å². The van der Waals surface area contributed by atoms with Gasteiger partial charge in [-0.3, -0.25) is 5.43 Å². The van der Waals surface area contributed by atoms with Crippen LogP contribution >= 0.6 is 12.2 Å². The molecule has 2 rings (SSSR count). The molecule has 2 aromatic rings. The second kappa shape index (κ2) is 10.4. The Labute approximate surface area is 165 Å². The lowest BCUT2D eigenvalue weighted by molar-refractivity contribution is 0.317. The van der Waals surface area contributed by atoms with E-state index in [1.54, 1.807) is 26.4 Å². The average Bonchev–Trinajstić information content (AvgIpc) is 2.70. The molecule has 0 saturated carbocycles. The van der Waals surface area contributed by atoms with Crippen LogP contribution in [-0.2, 0) is 0 Å². The van der Waals surface area contributed by atoms with Gasteiger partial charge in [0.2, 0.25) is 0 Å². The summed E-state index contributed by atoms with van der Waals surface area (Å²) in [6.07, 6.45) is 0.983. The Morgan fingerprint density at radius 1 is 1.04 bits per heavy atom. The molecule has 27 heavy (non-hydrogen) atoms. The number of thiocarbonyl (C=S) groups is 1. The SMILES string of the molecule is CCCOc1ccc(/C(C)=N\NC(=S)Nc2ccc(OC)c(OC)c2)cc1. The van der Waals surface area contributed by atoms with Gasteiger partial charge in [-0.25, -0.2) is 0 Å². The van der Waals surface area contributed by atoms with E-state index in [2.05, 4.69) is 22.8 Å². The first kappa shape index (κ1) is 20.5. The molecular formula is C20H25N3O3S. The quantitative estimate of drug-likeness (QED) is 0.402. The normalized spacial score (nSPS) is 10.9. The van der Waals surface area contributed by atoms with Gasteiger partial charge in [-0.05, 0) is 67.5 Å². The Kier molecular flexibility index (Phi) is 7.88. The number of hydrazone groups is 1. The first-order valence-electron chi connectivity index (χ1n) is 8.64. The van der Waals surface area contributed by atoms with Crippen LogP contribution in [0, 0.1) is 0 Å². The lowest BCUT2D eigenvalue weighted by Gasteiger charge is -2.12. The zero-order valence-corrected chi connectivity index (χ0v) is 16.9. The fourth-order valence-corrected chi connectivity index (χ4v) is 2.45. The molecule has 0 aromatic heterocycles. The third-order valence-corrected chi connectivity index (χ3v) is 3.90. The molecule has 0 aliphatic carbocycles. The third kappa shape index (κ3) is 6.14. The molecule has 0 amide bonds. The molecule has 6 nitrogen and oxygen atoms in total. The number of rotatable bonds is 8. The predicted molar refractivity (Wildman–Crippen MR) is 113 cm³/mol. The van der Waals surface area contributed by atoms with Gasteiger partial charge < -0.3 is 19.5 Å². The van der Waals surface area contributed by atoms with Crippen LogP contribution in [-0.4, -0.2) is 31.7 Å². The highest BCUT2D eigenvalue weighted by atomic mass is 32.1. The van der Waals surface area contributed by atoms with E-state index < -0.39 is 0 Å². The van der Waals surface area contributed by atoms with Crippen LogP contribution in [0.2, 0.25) is 0 Å². The first-order chi connectivity index (χ1) is 13.1. The molecule has 0 saturated heterocycles. The summed E-state index contributed by atoms with van der Waals surface area (Å²) in [6, 6.07) is 13.3. The number of hydrogen-bond donors (Lipinski definition) is 2. The molecule has 0 spiro atoms. The number of anilines is 1. The highest BCUT2D eigenvalue weighted by Gasteiger charge is 2.06. The second-order valence-electron chi connectivity index (χ2n) is 5.71. The molecular weight excluding hydrogens is 362 g/mol. The fraction of sp³-hybridized carbons (Fsp3) is 0.300. The summed E-state index contributed by atoms with van der Waals surface area (Å²) in [7, 11) is 3.18. The Morgan fingerprint density at radius 3 is 2.37 bits per heavy atom. The largest absolute Gasteiger partial charge is 0.494 e. The Bertz CT molecular complexity index is 792. The molecule has 0 fully saturated rings. The van der Waals surface area contributed by atoms with Gasteiger partial charge in [0, 0.05) is 11.8 Å². The molecule has 0 unspecified atom stereocenters. The molecule has 0 heterocycles. The fourth-order valence-electron chi connectivity index (χ4n) is 2.28. The van der Waals surface area contributed by atoms with Crippen LogP contribution in [0.4, 0.5) is 5.69 Å².